The summed E-state index contributed by atoms with van der Waals surface area (Å²) in [6.07, 6.45) is -7.99. The highest BCUT2D eigenvalue weighted by atomic mass is 16.9. The van der Waals surface area contributed by atoms with Gasteiger partial charge in [-0.05, 0) is 55.5 Å². The van der Waals surface area contributed by atoms with Crippen LogP contribution in [-0.2, 0) is 99.4 Å². The molecule has 15 heteroatoms. The third kappa shape index (κ3) is 13.2. The summed E-state index contributed by atoms with van der Waals surface area (Å²) < 4.78 is 79.9. The smallest absolute Gasteiger partial charge is 0.366 e. The van der Waals surface area contributed by atoms with Crippen LogP contribution in [0.15, 0.2) is 152 Å². The van der Waals surface area contributed by atoms with Gasteiger partial charge in [0.2, 0.25) is 5.91 Å². The van der Waals surface area contributed by atoms with Crippen molar-refractivity contribution in [3.8, 4) is 0 Å². The molecule has 0 aliphatic carbocycles. The first-order valence-corrected chi connectivity index (χ1v) is 25.4. The highest BCUT2D eigenvalue weighted by Gasteiger charge is 2.63. The lowest BCUT2D eigenvalue weighted by molar-refractivity contribution is -0.339. The molecule has 4 heterocycles. The maximum absolute atomic E-state index is 15.0. The number of ether oxygens (including phenoxy) is 12. The Hall–Kier alpha value is -5.40. The van der Waals surface area contributed by atoms with Crippen LogP contribution in [0.25, 0.3) is 0 Å². The Kier molecular flexibility index (Phi) is 17.4. The van der Waals surface area contributed by atoms with E-state index in [1.165, 1.54) is 14.0 Å². The van der Waals surface area contributed by atoms with E-state index < -0.39 is 84.5 Å². The van der Waals surface area contributed by atoms with Crippen LogP contribution in [-0.4, -0.2) is 116 Å². The molecular formula is C59H69NO14. The predicted octanol–water partition coefficient (Wildman–Crippen LogP) is 8.45. The fourth-order valence-corrected chi connectivity index (χ4v) is 10.3. The maximum Gasteiger partial charge on any atom is 0.366 e. The molecule has 0 unspecified atom stereocenters. The van der Waals surface area contributed by atoms with Crippen molar-refractivity contribution >= 4 is 11.9 Å². The molecule has 394 valence electrons. The number of carbonyl (C=O) groups is 2. The Labute approximate surface area is 434 Å². The van der Waals surface area contributed by atoms with E-state index in [4.69, 9.17) is 56.8 Å². The van der Waals surface area contributed by atoms with E-state index >= 15 is 0 Å². The molecule has 4 fully saturated rings. The van der Waals surface area contributed by atoms with Gasteiger partial charge in [-0.25, -0.2) is 4.79 Å². The van der Waals surface area contributed by atoms with Crippen LogP contribution >= 0.6 is 0 Å². The molecular weight excluding hydrogens is 947 g/mol. The van der Waals surface area contributed by atoms with Crippen molar-refractivity contribution in [1.82, 2.24) is 4.90 Å². The molecule has 11 atom stereocenters. The van der Waals surface area contributed by atoms with Crippen LogP contribution in [0, 0.1) is 0 Å². The number of carbonyl (C=O) groups excluding carboxylic acids is 2. The molecule has 4 aliphatic heterocycles. The van der Waals surface area contributed by atoms with Crippen LogP contribution in [0.1, 0.15) is 68.9 Å². The van der Waals surface area contributed by atoms with Gasteiger partial charge in [-0.3, -0.25) is 4.79 Å². The van der Waals surface area contributed by atoms with Crippen molar-refractivity contribution in [2.75, 3.05) is 20.3 Å². The lowest BCUT2D eigenvalue weighted by Gasteiger charge is -2.52. The van der Waals surface area contributed by atoms with Gasteiger partial charge >= 0.3 is 5.97 Å². The summed E-state index contributed by atoms with van der Waals surface area (Å²) in [5, 5.41) is 0. The number of amides is 1. The van der Waals surface area contributed by atoms with Crippen molar-refractivity contribution < 1.29 is 66.4 Å². The standard InChI is InChI=1S/C59H69NO14/c1-40(61)60(33-41-22-12-7-13-23-41)49-46(65-35-43-26-16-9-17-27-43)32-59(56(62)63-6,68-39-48-51-53(71-57(2,3)70-51)54-55(69-48)74-58(4,5)72-54)73-52(49)50(67-37-45-30-20-11-21-31-45)47(66-36-44-28-18-10-19-29-44)38-64-34-42-24-14-8-15-25-42/h7-31,46-55H,32-39H2,1-6H3/t46-,47+,48+,49+,50+,51-,52+,53-,54+,55+,59-/m0/s1. The molecule has 1 amide bonds. The number of esters is 1. The summed E-state index contributed by atoms with van der Waals surface area (Å²) in [6.45, 7) is 9.35. The van der Waals surface area contributed by atoms with E-state index in [0.717, 1.165) is 27.8 Å². The SMILES string of the molecule is COC(=O)[C@]1(OC[C@H]2O[C@@H]3OC(C)(C)O[C@@H]3[C@H]3OC(C)(C)O[C@H]32)C[C@H](OCc2ccccc2)[C@@H](N(Cc2ccccc2)C(C)=O)[C@H]([C@H](OCc2ccccc2)[C@@H](COCc2ccccc2)OCc2ccccc2)O1. The van der Waals surface area contributed by atoms with E-state index in [-0.39, 0.29) is 58.5 Å². The fourth-order valence-electron chi connectivity index (χ4n) is 10.3. The van der Waals surface area contributed by atoms with E-state index in [9.17, 15) is 9.59 Å². The quantitative estimate of drug-likeness (QED) is 0.0611. The summed E-state index contributed by atoms with van der Waals surface area (Å²) >= 11 is 0. The van der Waals surface area contributed by atoms with Gasteiger partial charge < -0.3 is 61.7 Å². The molecule has 0 N–H and O–H groups in total. The molecule has 15 nitrogen and oxygen atoms in total. The van der Waals surface area contributed by atoms with Gasteiger partial charge in [0.25, 0.3) is 5.79 Å². The third-order valence-electron chi connectivity index (χ3n) is 13.7. The van der Waals surface area contributed by atoms with Gasteiger partial charge in [-0.15, -0.1) is 0 Å². The zero-order valence-corrected chi connectivity index (χ0v) is 43.0. The molecule has 5 aromatic rings. The number of hydrogen-bond acceptors (Lipinski definition) is 14. The lowest BCUT2D eigenvalue weighted by atomic mass is 9.86. The van der Waals surface area contributed by atoms with Gasteiger partial charge in [0.1, 0.15) is 42.7 Å². The van der Waals surface area contributed by atoms with Gasteiger partial charge in [-0.2, -0.15) is 0 Å². The van der Waals surface area contributed by atoms with Crippen LogP contribution in [0.3, 0.4) is 0 Å². The summed E-state index contributed by atoms with van der Waals surface area (Å²) in [4.78, 5) is 31.3. The Bertz CT molecular complexity index is 2540. The Balaban J connectivity index is 1.16. The van der Waals surface area contributed by atoms with E-state index in [1.54, 1.807) is 4.90 Å². The zero-order valence-electron chi connectivity index (χ0n) is 43.0. The molecule has 4 saturated heterocycles. The van der Waals surface area contributed by atoms with Crippen molar-refractivity contribution in [1.29, 1.82) is 0 Å². The van der Waals surface area contributed by atoms with Crippen LogP contribution in [0.5, 0.6) is 0 Å². The number of fused-ring (bicyclic) bond motifs is 3. The molecule has 0 spiro atoms. The first-order chi connectivity index (χ1) is 35.8. The van der Waals surface area contributed by atoms with Crippen molar-refractivity contribution in [2.24, 2.45) is 0 Å². The minimum Gasteiger partial charge on any atom is -0.465 e. The second-order valence-corrected chi connectivity index (χ2v) is 20.1. The summed E-state index contributed by atoms with van der Waals surface area (Å²) in [5.41, 5.74) is 4.45. The molecule has 0 bridgehead atoms. The highest BCUT2D eigenvalue weighted by Crippen LogP contribution is 2.46. The molecule has 0 radical (unpaired) electrons. The number of nitrogens with zero attached hydrogens (tertiary/aromatic N) is 1. The van der Waals surface area contributed by atoms with Crippen molar-refractivity contribution in [3.63, 3.8) is 0 Å². The van der Waals surface area contributed by atoms with Gasteiger partial charge in [0, 0.05) is 19.9 Å². The Morgan fingerprint density at radius 2 is 1.11 bits per heavy atom. The Morgan fingerprint density at radius 1 is 0.608 bits per heavy atom. The van der Waals surface area contributed by atoms with Crippen LogP contribution in [0.4, 0.5) is 0 Å². The highest BCUT2D eigenvalue weighted by molar-refractivity contribution is 5.78. The van der Waals surface area contributed by atoms with Crippen molar-refractivity contribution in [2.45, 2.75) is 153 Å². The van der Waals surface area contributed by atoms with Gasteiger partial charge in [0.15, 0.2) is 17.9 Å². The predicted molar refractivity (Wildman–Crippen MR) is 270 cm³/mol. The monoisotopic (exact) mass is 1020 g/mol. The first-order valence-electron chi connectivity index (χ1n) is 25.4. The summed E-state index contributed by atoms with van der Waals surface area (Å²) in [5.74, 6) is -5.29. The van der Waals surface area contributed by atoms with Crippen molar-refractivity contribution in [3.05, 3.63) is 179 Å². The normalized spacial score (nSPS) is 27.6. The maximum atomic E-state index is 15.0. The average molecular weight is 1020 g/mol. The first kappa shape index (κ1) is 53.4. The number of benzene rings is 5. The summed E-state index contributed by atoms with van der Waals surface area (Å²) in [7, 11) is 1.28. The molecule has 4 aliphatic rings. The molecule has 0 saturated carbocycles. The van der Waals surface area contributed by atoms with E-state index in [0.29, 0.717) is 0 Å². The molecule has 5 aromatic carbocycles. The number of rotatable bonds is 22. The molecule has 0 aromatic heterocycles. The molecule has 74 heavy (non-hydrogen) atoms. The third-order valence-corrected chi connectivity index (χ3v) is 13.7. The lowest BCUT2D eigenvalue weighted by Crippen LogP contribution is -2.69. The zero-order chi connectivity index (χ0) is 51.7. The second-order valence-electron chi connectivity index (χ2n) is 20.1. The van der Waals surface area contributed by atoms with Crippen LogP contribution in [0.2, 0.25) is 0 Å². The fraction of sp³-hybridized carbons (Fsp3) is 0.458. The minimum atomic E-state index is -2.20. The minimum absolute atomic E-state index is 0.0151. The van der Waals surface area contributed by atoms with E-state index in [1.807, 2.05) is 179 Å². The van der Waals surface area contributed by atoms with Gasteiger partial charge in [0.05, 0.1) is 58.9 Å². The summed E-state index contributed by atoms with van der Waals surface area (Å²) in [6, 6.07) is 47.8. The topological polar surface area (TPSA) is 148 Å². The number of methoxy groups -OCH3 is 1. The van der Waals surface area contributed by atoms with Crippen LogP contribution < -0.4 is 0 Å². The largest absolute Gasteiger partial charge is 0.465 e. The van der Waals surface area contributed by atoms with E-state index in [2.05, 4.69) is 0 Å². The second kappa shape index (κ2) is 24.1. The van der Waals surface area contributed by atoms with Gasteiger partial charge in [-0.1, -0.05) is 152 Å². The molecule has 9 rings (SSSR count). The number of hydrogen-bond donors (Lipinski definition) is 0. The Morgan fingerprint density at radius 3 is 1.68 bits per heavy atom. The average Bonchev–Trinajstić information content (AvgIpc) is 3.92.